The molecule has 0 radical (unpaired) electrons. The van der Waals surface area contributed by atoms with Gasteiger partial charge in [-0.05, 0) is 59.0 Å². The van der Waals surface area contributed by atoms with Crippen molar-refractivity contribution in [2.24, 2.45) is 0 Å². The molecular weight excluding hydrogens is 356 g/mol. The second-order valence-electron chi connectivity index (χ2n) is 6.76. The lowest BCUT2D eigenvalue weighted by molar-refractivity contribution is -0.145. The van der Waals surface area contributed by atoms with Gasteiger partial charge in [0.15, 0.2) is 18.2 Å². The number of tetrazole rings is 1. The van der Waals surface area contributed by atoms with E-state index in [2.05, 4.69) is 15.5 Å². The highest BCUT2D eigenvalue weighted by atomic mass is 16.5. The van der Waals surface area contributed by atoms with Gasteiger partial charge in [-0.25, -0.2) is 0 Å². The maximum Gasteiger partial charge on any atom is 0.306 e. The molecule has 0 saturated carbocycles. The Morgan fingerprint density at radius 2 is 1.82 bits per heavy atom. The van der Waals surface area contributed by atoms with Gasteiger partial charge in [0.1, 0.15) is 0 Å². The van der Waals surface area contributed by atoms with Crippen molar-refractivity contribution in [3.05, 3.63) is 71.0 Å². The first-order chi connectivity index (χ1) is 13.7. The third-order valence-corrected chi connectivity index (χ3v) is 4.87. The molecule has 0 aliphatic heterocycles. The van der Waals surface area contributed by atoms with Gasteiger partial charge < -0.3 is 4.74 Å². The van der Waals surface area contributed by atoms with E-state index in [1.54, 1.807) is 0 Å². The number of benzene rings is 2. The summed E-state index contributed by atoms with van der Waals surface area (Å²) in [7, 11) is 0. The highest BCUT2D eigenvalue weighted by Crippen LogP contribution is 2.23. The molecule has 1 aliphatic rings. The Morgan fingerprint density at radius 1 is 1.00 bits per heavy atom. The number of aromatic nitrogens is 4. The molecule has 1 aliphatic carbocycles. The first-order valence-electron chi connectivity index (χ1n) is 9.34. The van der Waals surface area contributed by atoms with Gasteiger partial charge in [-0.2, -0.15) is 4.68 Å². The fourth-order valence-corrected chi connectivity index (χ4v) is 3.39. The van der Waals surface area contributed by atoms with Crippen LogP contribution in [0.25, 0.3) is 5.69 Å². The second-order valence-corrected chi connectivity index (χ2v) is 6.76. The number of hydrogen-bond acceptors (Lipinski definition) is 6. The van der Waals surface area contributed by atoms with Crippen LogP contribution in [0.3, 0.4) is 0 Å². The van der Waals surface area contributed by atoms with Crippen LogP contribution in [-0.4, -0.2) is 32.0 Å². The molecule has 1 aromatic heterocycles. The predicted octanol–water partition coefficient (Wildman–Crippen LogP) is 2.86. The summed E-state index contributed by atoms with van der Waals surface area (Å²) in [6.45, 7) is -0.0479. The smallest absolute Gasteiger partial charge is 0.306 e. The lowest BCUT2D eigenvalue weighted by Gasteiger charge is -2.07. The Morgan fingerprint density at radius 3 is 2.68 bits per heavy atom. The van der Waals surface area contributed by atoms with Gasteiger partial charge in [0.2, 0.25) is 0 Å². The van der Waals surface area contributed by atoms with Crippen LogP contribution in [0, 0.1) is 0 Å². The van der Waals surface area contributed by atoms with Crippen LogP contribution in [0.5, 0.6) is 0 Å². The van der Waals surface area contributed by atoms with E-state index in [0.717, 1.165) is 24.9 Å². The van der Waals surface area contributed by atoms with E-state index in [-0.39, 0.29) is 25.2 Å². The molecule has 0 N–H and O–H groups in total. The van der Waals surface area contributed by atoms with Crippen LogP contribution >= 0.6 is 0 Å². The van der Waals surface area contributed by atoms with Crippen molar-refractivity contribution < 1.29 is 14.3 Å². The minimum absolute atomic E-state index is 0.0306. The van der Waals surface area contributed by atoms with Crippen LogP contribution in [0.15, 0.2) is 48.5 Å². The first kappa shape index (κ1) is 18.0. The molecule has 0 amide bonds. The molecule has 28 heavy (non-hydrogen) atoms. The summed E-state index contributed by atoms with van der Waals surface area (Å²) in [5, 5.41) is 11.5. The van der Waals surface area contributed by atoms with E-state index in [1.807, 2.05) is 48.5 Å². The van der Waals surface area contributed by atoms with Crippen molar-refractivity contribution >= 4 is 11.8 Å². The van der Waals surface area contributed by atoms with E-state index in [1.165, 1.54) is 15.8 Å². The summed E-state index contributed by atoms with van der Waals surface area (Å²) in [6.07, 6.45) is 3.40. The monoisotopic (exact) mass is 376 g/mol. The molecule has 7 heteroatoms. The van der Waals surface area contributed by atoms with Crippen LogP contribution in [-0.2, 0) is 29.0 Å². The Labute approximate surface area is 162 Å². The van der Waals surface area contributed by atoms with Crippen molar-refractivity contribution in [2.45, 2.75) is 38.7 Å². The second kappa shape index (κ2) is 8.12. The number of aryl methyl sites for hydroxylation is 2. The highest BCUT2D eigenvalue weighted by molar-refractivity contribution is 5.97. The Kier molecular flexibility index (Phi) is 5.23. The quantitative estimate of drug-likeness (QED) is 0.465. The SMILES string of the molecule is O=C(CCC(=O)c1ccc2c(c1)CCC2)OCc1nnnn1-c1ccccc1. The fraction of sp³-hybridized carbons (Fsp3) is 0.286. The minimum Gasteiger partial charge on any atom is -0.457 e. The Balaban J connectivity index is 1.30. The van der Waals surface area contributed by atoms with Crippen molar-refractivity contribution in [2.75, 3.05) is 0 Å². The maximum absolute atomic E-state index is 12.4. The number of hydrogen-bond donors (Lipinski definition) is 0. The lowest BCUT2D eigenvalue weighted by Crippen LogP contribution is -2.11. The molecule has 7 nitrogen and oxygen atoms in total. The van der Waals surface area contributed by atoms with Gasteiger partial charge in [0.05, 0.1) is 12.1 Å². The number of carbonyl (C=O) groups is 2. The summed E-state index contributed by atoms with van der Waals surface area (Å²) >= 11 is 0. The average molecular weight is 376 g/mol. The molecule has 142 valence electrons. The van der Waals surface area contributed by atoms with Crippen LogP contribution in [0.2, 0.25) is 0 Å². The molecule has 0 bridgehead atoms. The molecule has 2 aromatic carbocycles. The van der Waals surface area contributed by atoms with Gasteiger partial charge >= 0.3 is 5.97 Å². The molecule has 0 atom stereocenters. The summed E-state index contributed by atoms with van der Waals surface area (Å²) in [5.41, 5.74) is 4.03. The van der Waals surface area contributed by atoms with Gasteiger partial charge in [0.25, 0.3) is 0 Å². The molecule has 4 rings (SSSR count). The van der Waals surface area contributed by atoms with Gasteiger partial charge in [0, 0.05) is 12.0 Å². The number of para-hydroxylation sites is 1. The number of esters is 1. The molecule has 0 fully saturated rings. The Hall–Kier alpha value is -3.35. The summed E-state index contributed by atoms with van der Waals surface area (Å²) < 4.78 is 6.77. The van der Waals surface area contributed by atoms with E-state index in [9.17, 15) is 9.59 Å². The van der Waals surface area contributed by atoms with Crippen LogP contribution < -0.4 is 0 Å². The summed E-state index contributed by atoms with van der Waals surface area (Å²) in [4.78, 5) is 24.4. The van der Waals surface area contributed by atoms with E-state index in [4.69, 9.17) is 4.74 Å². The van der Waals surface area contributed by atoms with Crippen molar-refractivity contribution in [3.8, 4) is 5.69 Å². The van der Waals surface area contributed by atoms with Crippen LogP contribution in [0.1, 0.15) is 46.6 Å². The number of fused-ring (bicyclic) bond motifs is 1. The summed E-state index contributed by atoms with van der Waals surface area (Å²) in [6, 6.07) is 15.2. The standard InChI is InChI=1S/C21H20N4O3/c26-19(17-10-9-15-5-4-6-16(15)13-17)11-12-21(27)28-14-20-22-23-24-25(20)18-7-2-1-3-8-18/h1-3,7-10,13H,4-6,11-12,14H2. The maximum atomic E-state index is 12.4. The van der Waals surface area contributed by atoms with Crippen molar-refractivity contribution in [1.29, 1.82) is 0 Å². The van der Waals surface area contributed by atoms with Gasteiger partial charge in [-0.3, -0.25) is 9.59 Å². The lowest BCUT2D eigenvalue weighted by atomic mass is 10.0. The van der Waals surface area contributed by atoms with E-state index in [0.29, 0.717) is 11.4 Å². The van der Waals surface area contributed by atoms with Crippen LogP contribution in [0.4, 0.5) is 0 Å². The third kappa shape index (κ3) is 3.98. The molecule has 3 aromatic rings. The van der Waals surface area contributed by atoms with Gasteiger partial charge in [-0.1, -0.05) is 30.3 Å². The number of ketones is 1. The molecule has 1 heterocycles. The molecule has 0 unspecified atom stereocenters. The van der Waals surface area contributed by atoms with E-state index < -0.39 is 5.97 Å². The first-order valence-corrected chi connectivity index (χ1v) is 9.34. The van der Waals surface area contributed by atoms with Crippen molar-refractivity contribution in [3.63, 3.8) is 0 Å². The molecule has 0 spiro atoms. The number of Topliss-reactive ketones (excluding diaryl/α,β-unsaturated/α-hetero) is 1. The normalized spacial score (nSPS) is 12.6. The zero-order valence-electron chi connectivity index (χ0n) is 15.4. The largest absolute Gasteiger partial charge is 0.457 e. The zero-order chi connectivity index (χ0) is 19.3. The number of rotatable bonds is 7. The highest BCUT2D eigenvalue weighted by Gasteiger charge is 2.16. The number of ether oxygens (including phenoxy) is 1. The molecular formula is C21H20N4O3. The third-order valence-electron chi connectivity index (χ3n) is 4.87. The fourth-order valence-electron chi connectivity index (χ4n) is 3.39. The summed E-state index contributed by atoms with van der Waals surface area (Å²) in [5.74, 6) is -0.0672. The van der Waals surface area contributed by atoms with Crippen molar-refractivity contribution in [1.82, 2.24) is 20.2 Å². The molecule has 0 saturated heterocycles. The predicted molar refractivity (Wildman–Crippen MR) is 101 cm³/mol. The number of nitrogens with zero attached hydrogens (tertiary/aromatic N) is 4. The average Bonchev–Trinajstić information content (AvgIpc) is 3.39. The minimum atomic E-state index is -0.447. The topological polar surface area (TPSA) is 87.0 Å². The van der Waals surface area contributed by atoms with E-state index >= 15 is 0 Å². The zero-order valence-corrected chi connectivity index (χ0v) is 15.4. The number of carbonyl (C=O) groups excluding carboxylic acids is 2. The Bertz CT molecular complexity index is 998. The van der Waals surface area contributed by atoms with Gasteiger partial charge in [-0.15, -0.1) is 5.10 Å².